The predicted octanol–water partition coefficient (Wildman–Crippen LogP) is 3.00. The van der Waals surface area contributed by atoms with E-state index in [1.54, 1.807) is 16.9 Å². The van der Waals surface area contributed by atoms with Gasteiger partial charge in [-0.1, -0.05) is 12.1 Å². The summed E-state index contributed by atoms with van der Waals surface area (Å²) in [7, 11) is 0. The lowest BCUT2D eigenvalue weighted by Crippen LogP contribution is -2.24. The zero-order chi connectivity index (χ0) is 18.0. The van der Waals surface area contributed by atoms with Crippen molar-refractivity contribution in [2.75, 3.05) is 6.61 Å². The van der Waals surface area contributed by atoms with E-state index < -0.39 is 11.0 Å². The number of aromatic nitrogens is 2. The van der Waals surface area contributed by atoms with Crippen LogP contribution in [0, 0.1) is 24.0 Å². The summed E-state index contributed by atoms with van der Waals surface area (Å²) in [5, 5.41) is 26.2. The van der Waals surface area contributed by atoms with Gasteiger partial charge in [0.1, 0.15) is 18.5 Å². The molecule has 0 aliphatic rings. The maximum atomic E-state index is 10.9. The van der Waals surface area contributed by atoms with Gasteiger partial charge in [0.2, 0.25) is 0 Å². The number of aryl methyl sites for hydroxylation is 2. The first kappa shape index (κ1) is 16.9. The minimum absolute atomic E-state index is 0.00428. The van der Waals surface area contributed by atoms with E-state index in [1.807, 2.05) is 32.0 Å². The Balaban J connectivity index is 1.71. The van der Waals surface area contributed by atoms with Crippen LogP contribution in [0.5, 0.6) is 5.75 Å². The van der Waals surface area contributed by atoms with Crippen LogP contribution in [0.1, 0.15) is 11.1 Å². The monoisotopic (exact) mass is 341 g/mol. The number of aliphatic hydroxyl groups excluding tert-OH is 1. The third-order valence-electron chi connectivity index (χ3n) is 4.00. The standard InChI is InChI=1S/C18H19N3O4/c1-12-3-4-13(2)18(7-12)25-11-16(22)10-20-17-8-15(21(23)24)6-5-14(17)9-19-20/h3-9,16,22H,10-11H2,1-2H3/t16-/m1/s1. The number of nitro benzene ring substituents is 1. The summed E-state index contributed by atoms with van der Waals surface area (Å²) in [5.41, 5.74) is 2.69. The first-order valence-electron chi connectivity index (χ1n) is 7.92. The highest BCUT2D eigenvalue weighted by Crippen LogP contribution is 2.22. The molecular weight excluding hydrogens is 322 g/mol. The number of rotatable bonds is 6. The second-order valence-electron chi connectivity index (χ2n) is 6.06. The van der Waals surface area contributed by atoms with Crippen LogP contribution in [-0.2, 0) is 6.54 Å². The summed E-state index contributed by atoms with van der Waals surface area (Å²) in [5.74, 6) is 0.736. The van der Waals surface area contributed by atoms with Gasteiger partial charge in [-0.15, -0.1) is 0 Å². The van der Waals surface area contributed by atoms with Gasteiger partial charge >= 0.3 is 0 Å². The Bertz CT molecular complexity index is 920. The third kappa shape index (κ3) is 3.77. The lowest BCUT2D eigenvalue weighted by molar-refractivity contribution is -0.384. The summed E-state index contributed by atoms with van der Waals surface area (Å²) in [6.07, 6.45) is 0.833. The predicted molar refractivity (Wildman–Crippen MR) is 93.8 cm³/mol. The van der Waals surface area contributed by atoms with E-state index in [0.29, 0.717) is 5.52 Å². The molecule has 1 heterocycles. The number of fused-ring (bicyclic) bond motifs is 1. The van der Waals surface area contributed by atoms with Crippen molar-refractivity contribution in [3.8, 4) is 5.75 Å². The second kappa shape index (κ2) is 6.90. The molecule has 0 amide bonds. The highest BCUT2D eigenvalue weighted by atomic mass is 16.6. The quantitative estimate of drug-likeness (QED) is 0.550. The van der Waals surface area contributed by atoms with Gasteiger partial charge in [-0.3, -0.25) is 14.8 Å². The second-order valence-corrected chi connectivity index (χ2v) is 6.06. The van der Waals surface area contributed by atoms with E-state index in [2.05, 4.69) is 5.10 Å². The van der Waals surface area contributed by atoms with E-state index >= 15 is 0 Å². The van der Waals surface area contributed by atoms with Gasteiger partial charge in [-0.05, 0) is 37.1 Å². The topological polar surface area (TPSA) is 90.4 Å². The van der Waals surface area contributed by atoms with Crippen molar-refractivity contribution in [3.63, 3.8) is 0 Å². The SMILES string of the molecule is Cc1ccc(C)c(OC[C@H](O)Cn2ncc3ccc([N+](=O)[O-])cc32)c1. The maximum Gasteiger partial charge on any atom is 0.271 e. The molecule has 0 aliphatic heterocycles. The average molecular weight is 341 g/mol. The summed E-state index contributed by atoms with van der Waals surface area (Å²) in [4.78, 5) is 10.5. The van der Waals surface area contributed by atoms with Crippen LogP contribution in [0.25, 0.3) is 10.9 Å². The summed E-state index contributed by atoms with van der Waals surface area (Å²) in [6, 6.07) is 10.4. The minimum Gasteiger partial charge on any atom is -0.491 e. The number of nitrogens with zero attached hydrogens (tertiary/aromatic N) is 3. The molecule has 25 heavy (non-hydrogen) atoms. The highest BCUT2D eigenvalue weighted by Gasteiger charge is 2.14. The number of hydrogen-bond donors (Lipinski definition) is 1. The van der Waals surface area contributed by atoms with Crippen molar-refractivity contribution in [2.45, 2.75) is 26.5 Å². The Kier molecular flexibility index (Phi) is 4.67. The molecule has 7 nitrogen and oxygen atoms in total. The van der Waals surface area contributed by atoms with Crippen molar-refractivity contribution in [1.29, 1.82) is 0 Å². The molecule has 0 fully saturated rings. The van der Waals surface area contributed by atoms with E-state index in [9.17, 15) is 15.2 Å². The molecule has 0 aliphatic carbocycles. The fourth-order valence-electron chi connectivity index (χ4n) is 2.62. The van der Waals surface area contributed by atoms with Crippen LogP contribution in [0.4, 0.5) is 5.69 Å². The Hall–Kier alpha value is -2.93. The minimum atomic E-state index is -0.790. The van der Waals surface area contributed by atoms with Gasteiger partial charge in [0.25, 0.3) is 5.69 Å². The van der Waals surface area contributed by atoms with Crippen molar-refractivity contribution in [3.05, 3.63) is 63.8 Å². The molecular formula is C18H19N3O4. The number of benzene rings is 2. The molecule has 2 aromatic carbocycles. The maximum absolute atomic E-state index is 10.9. The molecule has 0 saturated carbocycles. The van der Waals surface area contributed by atoms with E-state index in [1.165, 1.54) is 12.1 Å². The molecule has 3 aromatic rings. The molecule has 0 saturated heterocycles. The summed E-state index contributed by atoms with van der Waals surface area (Å²) in [6.45, 7) is 4.23. The molecule has 1 atom stereocenters. The summed E-state index contributed by atoms with van der Waals surface area (Å²) < 4.78 is 7.26. The zero-order valence-electron chi connectivity index (χ0n) is 14.0. The van der Waals surface area contributed by atoms with Crippen molar-refractivity contribution in [1.82, 2.24) is 9.78 Å². The number of non-ortho nitro benzene ring substituents is 1. The van der Waals surface area contributed by atoms with Gasteiger partial charge in [0.05, 0.1) is 23.2 Å². The van der Waals surface area contributed by atoms with Crippen LogP contribution in [0.3, 0.4) is 0 Å². The number of hydrogen-bond acceptors (Lipinski definition) is 5. The van der Waals surface area contributed by atoms with E-state index in [-0.39, 0.29) is 18.8 Å². The number of ether oxygens (including phenoxy) is 1. The molecule has 130 valence electrons. The smallest absolute Gasteiger partial charge is 0.271 e. The van der Waals surface area contributed by atoms with Crippen LogP contribution >= 0.6 is 0 Å². The fraction of sp³-hybridized carbons (Fsp3) is 0.278. The summed E-state index contributed by atoms with van der Waals surface area (Å²) >= 11 is 0. The zero-order valence-corrected chi connectivity index (χ0v) is 14.0. The molecule has 0 unspecified atom stereocenters. The molecule has 0 radical (unpaired) electrons. The van der Waals surface area contributed by atoms with Crippen LogP contribution in [-0.4, -0.2) is 32.5 Å². The number of aliphatic hydroxyl groups is 1. The van der Waals surface area contributed by atoms with Crippen molar-refractivity contribution < 1.29 is 14.8 Å². The van der Waals surface area contributed by atoms with Crippen LogP contribution in [0.2, 0.25) is 0 Å². The van der Waals surface area contributed by atoms with Gasteiger partial charge in [-0.2, -0.15) is 5.10 Å². The van der Waals surface area contributed by atoms with Gasteiger partial charge in [0, 0.05) is 17.5 Å². The Morgan fingerprint density at radius 2 is 2.08 bits per heavy atom. The first-order valence-corrected chi connectivity index (χ1v) is 7.92. The fourth-order valence-corrected chi connectivity index (χ4v) is 2.62. The third-order valence-corrected chi connectivity index (χ3v) is 4.00. The number of nitro groups is 1. The Morgan fingerprint density at radius 3 is 2.84 bits per heavy atom. The molecule has 1 aromatic heterocycles. The lowest BCUT2D eigenvalue weighted by atomic mass is 10.1. The lowest BCUT2D eigenvalue weighted by Gasteiger charge is -2.15. The normalized spacial score (nSPS) is 12.3. The molecule has 3 rings (SSSR count). The molecule has 1 N–H and O–H groups in total. The van der Waals surface area contributed by atoms with Gasteiger partial charge in [0.15, 0.2) is 0 Å². The molecule has 7 heteroatoms. The van der Waals surface area contributed by atoms with E-state index in [0.717, 1.165) is 22.3 Å². The van der Waals surface area contributed by atoms with E-state index in [4.69, 9.17) is 4.74 Å². The van der Waals surface area contributed by atoms with Gasteiger partial charge < -0.3 is 9.84 Å². The highest BCUT2D eigenvalue weighted by molar-refractivity contribution is 5.80. The molecule has 0 spiro atoms. The van der Waals surface area contributed by atoms with Crippen LogP contribution < -0.4 is 4.74 Å². The Labute approximate surface area is 144 Å². The van der Waals surface area contributed by atoms with Crippen molar-refractivity contribution in [2.24, 2.45) is 0 Å². The van der Waals surface area contributed by atoms with Crippen LogP contribution in [0.15, 0.2) is 42.6 Å². The first-order chi connectivity index (χ1) is 11.9. The average Bonchev–Trinajstić information content (AvgIpc) is 2.98. The van der Waals surface area contributed by atoms with Gasteiger partial charge in [-0.25, -0.2) is 0 Å². The molecule has 0 bridgehead atoms. The largest absolute Gasteiger partial charge is 0.491 e. The Morgan fingerprint density at radius 1 is 1.28 bits per heavy atom. The van der Waals surface area contributed by atoms with Crippen molar-refractivity contribution >= 4 is 16.6 Å².